The van der Waals surface area contributed by atoms with Crippen molar-refractivity contribution < 1.29 is 14.0 Å². The number of likely N-dealkylation sites (N-methyl/N-ethyl adjacent to an activating group) is 1. The maximum absolute atomic E-state index is 13.7. The van der Waals surface area contributed by atoms with Gasteiger partial charge in [0.25, 0.3) is 0 Å². The van der Waals surface area contributed by atoms with Crippen LogP contribution in [0.2, 0.25) is 0 Å². The van der Waals surface area contributed by atoms with Gasteiger partial charge in [-0.15, -0.1) is 0 Å². The van der Waals surface area contributed by atoms with E-state index in [0.29, 0.717) is 32.7 Å². The molecular formula is C21H30FN3O2. The predicted molar refractivity (Wildman–Crippen MR) is 103 cm³/mol. The summed E-state index contributed by atoms with van der Waals surface area (Å²) in [6, 6.07) is 6.50. The molecule has 2 fully saturated rings. The lowest BCUT2D eigenvalue weighted by Gasteiger charge is -2.46. The average Bonchev–Trinajstić information content (AvgIpc) is 2.62. The third kappa shape index (κ3) is 4.00. The lowest BCUT2D eigenvalue weighted by Crippen LogP contribution is -2.57. The van der Waals surface area contributed by atoms with Gasteiger partial charge in [-0.05, 0) is 44.4 Å². The minimum atomic E-state index is -0.554. The molecule has 1 aromatic carbocycles. The Balaban J connectivity index is 1.60. The van der Waals surface area contributed by atoms with Crippen LogP contribution in [0.1, 0.15) is 38.7 Å². The standard InChI is InChI=1S/C21H30FN3O2/c1-3-24(4-2)19(26)16-23-11-13-25(14-12-23)20(27)21(9-6-10-21)17-7-5-8-18(22)15-17/h5,7-8,15H,3-4,6,9-14,16H2,1-2H3. The van der Waals surface area contributed by atoms with Crippen LogP contribution < -0.4 is 0 Å². The summed E-state index contributed by atoms with van der Waals surface area (Å²) in [5.41, 5.74) is 0.249. The molecule has 5 nitrogen and oxygen atoms in total. The Labute approximate surface area is 161 Å². The highest BCUT2D eigenvalue weighted by Gasteiger charge is 2.48. The molecule has 2 amide bonds. The van der Waals surface area contributed by atoms with Crippen molar-refractivity contribution in [1.29, 1.82) is 0 Å². The van der Waals surface area contributed by atoms with E-state index in [2.05, 4.69) is 4.90 Å². The van der Waals surface area contributed by atoms with Crippen LogP contribution in [0.5, 0.6) is 0 Å². The minimum absolute atomic E-state index is 0.120. The number of rotatable bonds is 6. The Morgan fingerprint density at radius 1 is 1.11 bits per heavy atom. The van der Waals surface area contributed by atoms with Gasteiger partial charge >= 0.3 is 0 Å². The number of benzene rings is 1. The number of piperazine rings is 1. The van der Waals surface area contributed by atoms with Gasteiger partial charge in [0.05, 0.1) is 12.0 Å². The monoisotopic (exact) mass is 375 g/mol. The molecule has 0 bridgehead atoms. The van der Waals surface area contributed by atoms with Crippen LogP contribution in [-0.2, 0) is 15.0 Å². The van der Waals surface area contributed by atoms with E-state index in [4.69, 9.17) is 0 Å². The number of carbonyl (C=O) groups excluding carboxylic acids is 2. The van der Waals surface area contributed by atoms with Gasteiger partial charge in [0, 0.05) is 39.3 Å². The first-order valence-electron chi connectivity index (χ1n) is 10.1. The fourth-order valence-corrected chi connectivity index (χ4v) is 4.22. The number of nitrogens with zero attached hydrogens (tertiary/aromatic N) is 3. The van der Waals surface area contributed by atoms with E-state index in [-0.39, 0.29) is 17.6 Å². The molecule has 148 valence electrons. The van der Waals surface area contributed by atoms with Crippen LogP contribution in [0.25, 0.3) is 0 Å². The molecule has 0 N–H and O–H groups in total. The van der Waals surface area contributed by atoms with E-state index in [0.717, 1.165) is 37.9 Å². The van der Waals surface area contributed by atoms with Crippen molar-refractivity contribution in [3.8, 4) is 0 Å². The Bertz CT molecular complexity index is 678. The first-order valence-corrected chi connectivity index (χ1v) is 10.1. The Hall–Kier alpha value is -1.95. The Morgan fingerprint density at radius 3 is 2.30 bits per heavy atom. The second-order valence-corrected chi connectivity index (χ2v) is 7.58. The summed E-state index contributed by atoms with van der Waals surface area (Å²) in [6.45, 7) is 8.51. The van der Waals surface area contributed by atoms with Crippen LogP contribution >= 0.6 is 0 Å². The molecule has 1 aliphatic heterocycles. The van der Waals surface area contributed by atoms with Gasteiger partial charge < -0.3 is 9.80 Å². The van der Waals surface area contributed by atoms with Crippen LogP contribution in [-0.4, -0.2) is 72.3 Å². The molecule has 2 aliphatic rings. The summed E-state index contributed by atoms with van der Waals surface area (Å²) in [7, 11) is 0. The van der Waals surface area contributed by atoms with Crippen LogP contribution in [0, 0.1) is 5.82 Å². The van der Waals surface area contributed by atoms with Crippen molar-refractivity contribution in [2.45, 2.75) is 38.5 Å². The van der Waals surface area contributed by atoms with E-state index < -0.39 is 5.41 Å². The molecule has 0 radical (unpaired) electrons. The van der Waals surface area contributed by atoms with Crippen molar-refractivity contribution in [3.63, 3.8) is 0 Å². The van der Waals surface area contributed by atoms with E-state index in [1.165, 1.54) is 12.1 Å². The van der Waals surface area contributed by atoms with E-state index in [1.54, 1.807) is 6.07 Å². The van der Waals surface area contributed by atoms with Crippen molar-refractivity contribution >= 4 is 11.8 Å². The zero-order valence-corrected chi connectivity index (χ0v) is 16.4. The summed E-state index contributed by atoms with van der Waals surface area (Å²) in [5, 5.41) is 0. The minimum Gasteiger partial charge on any atom is -0.342 e. The van der Waals surface area contributed by atoms with Gasteiger partial charge in [-0.2, -0.15) is 0 Å². The largest absolute Gasteiger partial charge is 0.342 e. The number of halogens is 1. The van der Waals surface area contributed by atoms with Crippen LogP contribution in [0.15, 0.2) is 24.3 Å². The zero-order valence-electron chi connectivity index (χ0n) is 16.4. The molecule has 1 saturated carbocycles. The highest BCUT2D eigenvalue weighted by atomic mass is 19.1. The van der Waals surface area contributed by atoms with Gasteiger partial charge in [-0.1, -0.05) is 18.6 Å². The highest BCUT2D eigenvalue weighted by molar-refractivity contribution is 5.89. The molecule has 6 heteroatoms. The Kier molecular flexibility index (Phi) is 6.15. The van der Waals surface area contributed by atoms with Gasteiger partial charge in [0.1, 0.15) is 5.82 Å². The third-order valence-electron chi connectivity index (χ3n) is 6.13. The molecule has 27 heavy (non-hydrogen) atoms. The molecular weight excluding hydrogens is 345 g/mol. The highest BCUT2D eigenvalue weighted by Crippen LogP contribution is 2.45. The van der Waals surface area contributed by atoms with E-state index in [1.807, 2.05) is 29.7 Å². The molecule has 1 heterocycles. The smallest absolute Gasteiger partial charge is 0.236 e. The summed E-state index contributed by atoms with van der Waals surface area (Å²) >= 11 is 0. The molecule has 0 unspecified atom stereocenters. The molecule has 1 aromatic rings. The predicted octanol–water partition coefficient (Wildman–Crippen LogP) is 2.26. The molecule has 0 aromatic heterocycles. The van der Waals surface area contributed by atoms with Gasteiger partial charge in [-0.3, -0.25) is 14.5 Å². The molecule has 1 aliphatic carbocycles. The van der Waals surface area contributed by atoms with E-state index in [9.17, 15) is 14.0 Å². The topological polar surface area (TPSA) is 43.9 Å². The number of hydrogen-bond acceptors (Lipinski definition) is 3. The van der Waals surface area contributed by atoms with Crippen molar-refractivity contribution in [2.24, 2.45) is 0 Å². The number of amides is 2. The molecule has 0 atom stereocenters. The fraction of sp³-hybridized carbons (Fsp3) is 0.619. The van der Waals surface area contributed by atoms with Crippen molar-refractivity contribution in [3.05, 3.63) is 35.6 Å². The van der Waals surface area contributed by atoms with Crippen LogP contribution in [0.3, 0.4) is 0 Å². The SMILES string of the molecule is CCN(CC)C(=O)CN1CCN(C(=O)C2(c3cccc(F)c3)CCC2)CC1. The fourth-order valence-electron chi connectivity index (χ4n) is 4.22. The van der Waals surface area contributed by atoms with Gasteiger partial charge in [0.15, 0.2) is 0 Å². The third-order valence-corrected chi connectivity index (χ3v) is 6.13. The normalized spacial score (nSPS) is 19.4. The second kappa shape index (κ2) is 8.38. The molecule has 3 rings (SSSR count). The second-order valence-electron chi connectivity index (χ2n) is 7.58. The lowest BCUT2D eigenvalue weighted by atomic mass is 9.63. The molecule has 0 spiro atoms. The summed E-state index contributed by atoms with van der Waals surface area (Å²) in [4.78, 5) is 31.4. The first-order chi connectivity index (χ1) is 13.0. The summed E-state index contributed by atoms with van der Waals surface area (Å²) < 4.78 is 13.7. The quantitative estimate of drug-likeness (QED) is 0.766. The average molecular weight is 375 g/mol. The van der Waals surface area contributed by atoms with Gasteiger partial charge in [-0.25, -0.2) is 4.39 Å². The van der Waals surface area contributed by atoms with E-state index >= 15 is 0 Å². The van der Waals surface area contributed by atoms with Crippen molar-refractivity contribution in [1.82, 2.24) is 14.7 Å². The Morgan fingerprint density at radius 2 is 1.78 bits per heavy atom. The maximum Gasteiger partial charge on any atom is 0.236 e. The number of carbonyl (C=O) groups is 2. The van der Waals surface area contributed by atoms with Crippen molar-refractivity contribution in [2.75, 3.05) is 45.8 Å². The maximum atomic E-state index is 13.7. The van der Waals surface area contributed by atoms with Crippen LogP contribution in [0.4, 0.5) is 4.39 Å². The lowest BCUT2D eigenvalue weighted by molar-refractivity contribution is -0.143. The zero-order chi connectivity index (χ0) is 19.4. The molecule has 1 saturated heterocycles. The first kappa shape index (κ1) is 19.8. The van der Waals surface area contributed by atoms with Gasteiger partial charge in [0.2, 0.25) is 11.8 Å². The number of hydrogen-bond donors (Lipinski definition) is 0. The summed E-state index contributed by atoms with van der Waals surface area (Å²) in [5.74, 6) is -0.0182. The summed E-state index contributed by atoms with van der Waals surface area (Å²) in [6.07, 6.45) is 2.58.